The first-order valence-corrected chi connectivity index (χ1v) is 10.5. The lowest BCUT2D eigenvalue weighted by atomic mass is 9.99. The zero-order valence-electron chi connectivity index (χ0n) is 15.7. The summed E-state index contributed by atoms with van der Waals surface area (Å²) in [6.07, 6.45) is -3.46. The van der Waals surface area contributed by atoms with Crippen molar-refractivity contribution in [1.29, 1.82) is 0 Å². The molecular formula is C19H21F3N2O4S. The Morgan fingerprint density at radius 1 is 1.10 bits per heavy atom. The molecule has 0 radical (unpaired) electrons. The number of para-hydroxylation sites is 1. The van der Waals surface area contributed by atoms with Gasteiger partial charge in [-0.25, -0.2) is 13.4 Å². The average Bonchev–Trinajstić information content (AvgIpc) is 2.72. The fourth-order valence-electron chi connectivity index (χ4n) is 3.14. The lowest BCUT2D eigenvalue weighted by Gasteiger charge is -2.31. The molecule has 0 saturated carbocycles. The highest BCUT2D eigenvalue weighted by atomic mass is 32.2. The van der Waals surface area contributed by atoms with Gasteiger partial charge in [0.1, 0.15) is 16.3 Å². The van der Waals surface area contributed by atoms with Crippen molar-refractivity contribution in [1.82, 2.24) is 9.29 Å². The molecule has 29 heavy (non-hydrogen) atoms. The molecule has 1 aliphatic rings. The average molecular weight is 430 g/mol. The molecule has 10 heteroatoms. The number of piperidine rings is 1. The Hall–Kier alpha value is -2.33. The van der Waals surface area contributed by atoms with Gasteiger partial charge in [-0.05, 0) is 37.0 Å². The number of halogens is 3. The van der Waals surface area contributed by atoms with E-state index in [1.165, 1.54) is 29.6 Å². The first kappa shape index (κ1) is 21.4. The molecule has 0 amide bonds. The molecule has 0 unspecified atom stereocenters. The van der Waals surface area contributed by atoms with Gasteiger partial charge in [0.25, 0.3) is 0 Å². The van der Waals surface area contributed by atoms with Gasteiger partial charge in [0.2, 0.25) is 15.9 Å². The second-order valence-electron chi connectivity index (χ2n) is 6.67. The topological polar surface area (TPSA) is 68.7 Å². The van der Waals surface area contributed by atoms with Crippen molar-refractivity contribution >= 4 is 10.0 Å². The maximum atomic E-state index is 12.9. The molecule has 0 N–H and O–H groups in total. The number of alkyl halides is 3. The third-order valence-electron chi connectivity index (χ3n) is 4.74. The number of benzene rings is 1. The summed E-state index contributed by atoms with van der Waals surface area (Å²) in [5.41, 5.74) is -1.01. The van der Waals surface area contributed by atoms with Gasteiger partial charge in [-0.3, -0.25) is 0 Å². The van der Waals surface area contributed by atoms with Crippen LogP contribution in [0.15, 0.2) is 47.4 Å². The SMILES string of the molecule is COc1ccccc1S(=O)(=O)N1CCC(COc2cccc(C(F)(F)F)n2)CC1. The molecule has 3 rings (SSSR count). The Morgan fingerprint density at radius 2 is 1.79 bits per heavy atom. The number of sulfonamides is 1. The van der Waals surface area contributed by atoms with E-state index in [0.29, 0.717) is 25.9 Å². The van der Waals surface area contributed by atoms with Crippen molar-refractivity contribution in [3.8, 4) is 11.6 Å². The summed E-state index contributed by atoms with van der Waals surface area (Å²) in [5.74, 6) is 0.216. The minimum Gasteiger partial charge on any atom is -0.495 e. The van der Waals surface area contributed by atoms with Crippen LogP contribution in [0.5, 0.6) is 11.6 Å². The predicted molar refractivity (Wildman–Crippen MR) is 99.2 cm³/mol. The van der Waals surface area contributed by atoms with Crippen LogP contribution in [0.4, 0.5) is 13.2 Å². The summed E-state index contributed by atoms with van der Waals surface area (Å²) >= 11 is 0. The molecular weight excluding hydrogens is 409 g/mol. The van der Waals surface area contributed by atoms with Crippen LogP contribution >= 0.6 is 0 Å². The molecule has 6 nitrogen and oxygen atoms in total. The van der Waals surface area contributed by atoms with Crippen molar-refractivity contribution in [2.24, 2.45) is 5.92 Å². The third-order valence-corrected chi connectivity index (χ3v) is 6.68. The molecule has 0 spiro atoms. The second kappa shape index (κ2) is 8.58. The number of methoxy groups -OCH3 is 1. The lowest BCUT2D eigenvalue weighted by Crippen LogP contribution is -2.39. The summed E-state index contributed by atoms with van der Waals surface area (Å²) < 4.78 is 75.9. The van der Waals surface area contributed by atoms with Crippen LogP contribution in [0, 0.1) is 5.92 Å². The molecule has 1 aliphatic heterocycles. The summed E-state index contributed by atoms with van der Waals surface area (Å²) in [6.45, 7) is 0.770. The maximum absolute atomic E-state index is 12.9. The van der Waals surface area contributed by atoms with E-state index < -0.39 is 21.9 Å². The Morgan fingerprint density at radius 3 is 2.45 bits per heavy atom. The predicted octanol–water partition coefficient (Wildman–Crippen LogP) is 3.59. The first-order valence-electron chi connectivity index (χ1n) is 9.02. The van der Waals surface area contributed by atoms with Crippen LogP contribution < -0.4 is 9.47 Å². The molecule has 158 valence electrons. The van der Waals surface area contributed by atoms with E-state index in [9.17, 15) is 21.6 Å². The van der Waals surface area contributed by atoms with Crippen molar-refractivity contribution in [3.63, 3.8) is 0 Å². The summed E-state index contributed by atoms with van der Waals surface area (Å²) in [6, 6.07) is 9.93. The second-order valence-corrected chi connectivity index (χ2v) is 8.57. The summed E-state index contributed by atoms with van der Waals surface area (Å²) in [7, 11) is -2.27. The van der Waals surface area contributed by atoms with Crippen LogP contribution in [0.1, 0.15) is 18.5 Å². The molecule has 0 bridgehead atoms. The Labute approximate surface area is 167 Å². The van der Waals surface area contributed by atoms with E-state index in [2.05, 4.69) is 4.98 Å². The Kier molecular flexibility index (Phi) is 6.33. The van der Waals surface area contributed by atoms with Crippen LogP contribution in [-0.4, -0.2) is 44.5 Å². The molecule has 1 aromatic heterocycles. The van der Waals surface area contributed by atoms with Gasteiger partial charge in [0, 0.05) is 19.2 Å². The number of rotatable bonds is 6. The van der Waals surface area contributed by atoms with Gasteiger partial charge in [0.15, 0.2) is 0 Å². The maximum Gasteiger partial charge on any atom is 0.433 e. The van der Waals surface area contributed by atoms with Crippen molar-refractivity contribution in [3.05, 3.63) is 48.2 Å². The Bertz CT molecular complexity index is 942. The molecule has 0 atom stereocenters. The smallest absolute Gasteiger partial charge is 0.433 e. The number of pyridine rings is 1. The number of hydrogen-bond acceptors (Lipinski definition) is 5. The fourth-order valence-corrected chi connectivity index (χ4v) is 4.77. The van der Waals surface area contributed by atoms with Crippen LogP contribution in [0.25, 0.3) is 0 Å². The standard InChI is InChI=1S/C19H21F3N2O4S/c1-27-15-5-2-3-6-16(15)29(25,26)24-11-9-14(10-12-24)13-28-18-8-4-7-17(23-18)19(20,21)22/h2-8,14H,9-13H2,1H3. The number of ether oxygens (including phenoxy) is 2. The Balaban J connectivity index is 1.58. The largest absolute Gasteiger partial charge is 0.495 e. The monoisotopic (exact) mass is 430 g/mol. The zero-order chi connectivity index (χ0) is 21.1. The lowest BCUT2D eigenvalue weighted by molar-refractivity contribution is -0.141. The summed E-state index contributed by atoms with van der Waals surface area (Å²) in [5, 5.41) is 0. The van der Waals surface area contributed by atoms with Crippen molar-refractivity contribution < 1.29 is 31.1 Å². The van der Waals surface area contributed by atoms with E-state index in [1.807, 2.05) is 0 Å². The van der Waals surface area contributed by atoms with Gasteiger partial charge >= 0.3 is 6.18 Å². The normalized spacial score (nSPS) is 16.6. The fraction of sp³-hybridized carbons (Fsp3) is 0.421. The van der Waals surface area contributed by atoms with E-state index in [1.54, 1.807) is 18.2 Å². The quantitative estimate of drug-likeness (QED) is 0.701. The number of hydrogen-bond donors (Lipinski definition) is 0. The summed E-state index contributed by atoms with van der Waals surface area (Å²) in [4.78, 5) is 3.59. The van der Waals surface area contributed by atoms with Gasteiger partial charge in [-0.15, -0.1) is 0 Å². The van der Waals surface area contributed by atoms with Crippen molar-refractivity contribution in [2.75, 3.05) is 26.8 Å². The highest BCUT2D eigenvalue weighted by Gasteiger charge is 2.33. The molecule has 2 heterocycles. The van der Waals surface area contributed by atoms with E-state index in [4.69, 9.17) is 9.47 Å². The molecule has 1 fully saturated rings. The molecule has 0 aliphatic carbocycles. The van der Waals surface area contributed by atoms with Crippen LogP contribution in [0.3, 0.4) is 0 Å². The minimum absolute atomic E-state index is 0.0236. The highest BCUT2D eigenvalue weighted by molar-refractivity contribution is 7.89. The first-order chi connectivity index (χ1) is 13.7. The molecule has 2 aromatic rings. The van der Waals surface area contributed by atoms with E-state index in [0.717, 1.165) is 6.07 Å². The van der Waals surface area contributed by atoms with Crippen LogP contribution in [0.2, 0.25) is 0 Å². The van der Waals surface area contributed by atoms with Crippen molar-refractivity contribution in [2.45, 2.75) is 23.9 Å². The molecule has 1 saturated heterocycles. The van der Waals surface area contributed by atoms with Gasteiger partial charge in [0.05, 0.1) is 13.7 Å². The van der Waals surface area contributed by atoms with Gasteiger partial charge in [-0.2, -0.15) is 17.5 Å². The van der Waals surface area contributed by atoms with Gasteiger partial charge < -0.3 is 9.47 Å². The number of nitrogens with zero attached hydrogens (tertiary/aromatic N) is 2. The molecule has 1 aromatic carbocycles. The van der Waals surface area contributed by atoms with E-state index >= 15 is 0 Å². The minimum atomic E-state index is -4.53. The van der Waals surface area contributed by atoms with E-state index in [-0.39, 0.29) is 29.0 Å². The highest BCUT2D eigenvalue weighted by Crippen LogP contribution is 2.31. The zero-order valence-corrected chi connectivity index (χ0v) is 16.5. The number of aromatic nitrogens is 1. The third kappa shape index (κ3) is 4.99. The van der Waals surface area contributed by atoms with Crippen LogP contribution in [-0.2, 0) is 16.2 Å². The van der Waals surface area contributed by atoms with Gasteiger partial charge in [-0.1, -0.05) is 18.2 Å².